The molecule has 1 atom stereocenters. The molecule has 0 fully saturated rings. The van der Waals surface area contributed by atoms with E-state index < -0.39 is 5.97 Å². The molecule has 0 aliphatic rings. The quantitative estimate of drug-likeness (QED) is 0.305. The molecule has 3 rings (SSSR count). The van der Waals surface area contributed by atoms with Crippen LogP contribution in [0.2, 0.25) is 0 Å². The van der Waals surface area contributed by atoms with E-state index in [1.54, 1.807) is 24.4 Å². The summed E-state index contributed by atoms with van der Waals surface area (Å²) in [6.45, 7) is 2.54. The van der Waals surface area contributed by atoms with Crippen LogP contribution in [0.1, 0.15) is 57.6 Å². The van der Waals surface area contributed by atoms with Gasteiger partial charge in [-0.15, -0.1) is 0 Å². The molecule has 0 spiro atoms. The third-order valence-corrected chi connectivity index (χ3v) is 6.51. The van der Waals surface area contributed by atoms with Crippen molar-refractivity contribution in [2.45, 2.75) is 45.2 Å². The van der Waals surface area contributed by atoms with Crippen LogP contribution < -0.4 is 5.32 Å². The Morgan fingerprint density at radius 1 is 1.18 bits per heavy atom. The van der Waals surface area contributed by atoms with Crippen molar-refractivity contribution in [2.75, 3.05) is 5.75 Å². The van der Waals surface area contributed by atoms with Crippen molar-refractivity contribution in [3.63, 3.8) is 0 Å². The molecule has 0 saturated heterocycles. The zero-order chi connectivity index (χ0) is 23.8. The Morgan fingerprint density at radius 3 is 2.58 bits per heavy atom. The highest BCUT2D eigenvalue weighted by atomic mass is 79.9. The lowest BCUT2D eigenvalue weighted by Gasteiger charge is -2.18. The van der Waals surface area contributed by atoms with Gasteiger partial charge in [-0.25, -0.2) is 9.78 Å². The number of hydrogen-bond donors (Lipinski definition) is 3. The van der Waals surface area contributed by atoms with Gasteiger partial charge in [0.15, 0.2) is 0 Å². The molecule has 174 valence electrons. The van der Waals surface area contributed by atoms with E-state index in [2.05, 4.69) is 45.8 Å². The summed E-state index contributed by atoms with van der Waals surface area (Å²) < 4.78 is 2.43. The number of carboxylic acid groups (broad SMARTS) is 1. The van der Waals surface area contributed by atoms with Crippen LogP contribution >= 0.6 is 28.6 Å². The molecule has 2 aromatic carbocycles. The molecular weight excluding hydrogens is 502 g/mol. The van der Waals surface area contributed by atoms with E-state index in [4.69, 9.17) is 0 Å². The zero-order valence-electron chi connectivity index (χ0n) is 18.5. The molecule has 0 saturated carbocycles. The van der Waals surface area contributed by atoms with Crippen molar-refractivity contribution in [1.29, 1.82) is 0 Å². The van der Waals surface area contributed by atoms with Crippen LogP contribution in [0.25, 0.3) is 0 Å². The highest BCUT2D eigenvalue weighted by Crippen LogP contribution is 2.21. The predicted molar refractivity (Wildman–Crippen MR) is 136 cm³/mol. The lowest BCUT2D eigenvalue weighted by molar-refractivity contribution is 0.0695. The minimum Gasteiger partial charge on any atom is -0.478 e. The number of carboxylic acids is 1. The normalized spacial score (nSPS) is 11.8. The molecule has 0 aliphatic carbocycles. The summed E-state index contributed by atoms with van der Waals surface area (Å²) in [5.41, 5.74) is 2.70. The average molecular weight is 530 g/mol. The summed E-state index contributed by atoms with van der Waals surface area (Å²) in [5, 5.41) is 12.4. The van der Waals surface area contributed by atoms with Gasteiger partial charge < -0.3 is 15.0 Å². The molecule has 0 aliphatic heterocycles. The van der Waals surface area contributed by atoms with E-state index in [9.17, 15) is 14.7 Å². The number of nitrogens with zero attached hydrogens (tertiary/aromatic N) is 2. The number of aromatic nitrogens is 2. The SMILES string of the molecule is CCCCc1ncc(C(=O)N[C@@H](CS)Cc2ccccc2)n1Cc1ccc(C(=O)O)c(Br)c1. The molecule has 6 nitrogen and oxygen atoms in total. The Balaban J connectivity index is 1.84. The summed E-state index contributed by atoms with van der Waals surface area (Å²) in [6.07, 6.45) is 5.06. The van der Waals surface area contributed by atoms with Gasteiger partial charge in [0.1, 0.15) is 11.5 Å². The number of carbonyl (C=O) groups is 2. The third kappa shape index (κ3) is 6.71. The first-order valence-electron chi connectivity index (χ1n) is 10.9. The minimum absolute atomic E-state index is 0.116. The fraction of sp³-hybridized carbons (Fsp3) is 0.320. The summed E-state index contributed by atoms with van der Waals surface area (Å²) in [7, 11) is 0. The molecule has 3 aromatic rings. The highest BCUT2D eigenvalue weighted by molar-refractivity contribution is 9.10. The molecule has 33 heavy (non-hydrogen) atoms. The Morgan fingerprint density at radius 2 is 1.94 bits per heavy atom. The lowest BCUT2D eigenvalue weighted by atomic mass is 10.1. The molecule has 1 amide bonds. The molecule has 8 heteroatoms. The van der Waals surface area contributed by atoms with Gasteiger partial charge in [-0.05, 0) is 52.0 Å². The van der Waals surface area contributed by atoms with E-state index in [1.165, 1.54) is 0 Å². The second kappa shape index (κ2) is 12.0. The standard InChI is InChI=1S/C25H28BrN3O3S/c1-2-3-9-23-27-14-22(24(30)28-19(16-33)12-17-7-5-4-6-8-17)29(23)15-18-10-11-20(25(31)32)21(26)13-18/h4-8,10-11,13-14,19,33H,2-3,9,12,15-16H2,1H3,(H,28,30)(H,31,32)/t19-/m1/s1. The van der Waals surface area contributed by atoms with Crippen LogP contribution in [0.5, 0.6) is 0 Å². The Kier molecular flexibility index (Phi) is 9.14. The van der Waals surface area contributed by atoms with E-state index >= 15 is 0 Å². The number of amides is 1. The summed E-state index contributed by atoms with van der Waals surface area (Å²) >= 11 is 7.78. The van der Waals surface area contributed by atoms with Gasteiger partial charge in [0.05, 0.1) is 11.8 Å². The maximum absolute atomic E-state index is 13.2. The second-order valence-electron chi connectivity index (χ2n) is 7.91. The largest absolute Gasteiger partial charge is 0.478 e. The van der Waals surface area contributed by atoms with Gasteiger partial charge in [0.25, 0.3) is 5.91 Å². The molecule has 0 bridgehead atoms. The smallest absolute Gasteiger partial charge is 0.336 e. The van der Waals surface area contributed by atoms with Crippen LogP contribution in [0.4, 0.5) is 0 Å². The number of aromatic carboxylic acids is 1. The van der Waals surface area contributed by atoms with Crippen molar-refractivity contribution in [3.05, 3.63) is 87.4 Å². The van der Waals surface area contributed by atoms with Crippen molar-refractivity contribution >= 4 is 40.4 Å². The average Bonchev–Trinajstić information content (AvgIpc) is 3.20. The van der Waals surface area contributed by atoms with Gasteiger partial charge in [-0.1, -0.05) is 49.7 Å². The van der Waals surface area contributed by atoms with E-state index in [-0.39, 0.29) is 17.5 Å². The van der Waals surface area contributed by atoms with Crippen LogP contribution in [0, 0.1) is 0 Å². The van der Waals surface area contributed by atoms with E-state index in [0.29, 0.717) is 28.9 Å². The maximum Gasteiger partial charge on any atom is 0.336 e. The number of carbonyl (C=O) groups excluding carboxylic acids is 1. The Bertz CT molecular complexity index is 1100. The first-order valence-corrected chi connectivity index (χ1v) is 12.4. The third-order valence-electron chi connectivity index (χ3n) is 5.41. The highest BCUT2D eigenvalue weighted by Gasteiger charge is 2.20. The van der Waals surface area contributed by atoms with E-state index in [0.717, 1.165) is 36.2 Å². The maximum atomic E-state index is 13.2. The fourth-order valence-electron chi connectivity index (χ4n) is 3.64. The Hall–Kier alpha value is -2.58. The first kappa shape index (κ1) is 25.1. The number of unbranched alkanes of at least 4 members (excludes halogenated alkanes) is 1. The van der Waals surface area contributed by atoms with Gasteiger partial charge in [-0.3, -0.25) is 4.79 Å². The predicted octanol–water partition coefficient (Wildman–Crippen LogP) is 5.01. The van der Waals surface area contributed by atoms with Gasteiger partial charge in [0.2, 0.25) is 0 Å². The topological polar surface area (TPSA) is 84.2 Å². The van der Waals surface area contributed by atoms with Crippen LogP contribution in [-0.2, 0) is 19.4 Å². The second-order valence-corrected chi connectivity index (χ2v) is 9.13. The summed E-state index contributed by atoms with van der Waals surface area (Å²) in [5.74, 6) is 0.171. The van der Waals surface area contributed by atoms with Crippen LogP contribution in [0.3, 0.4) is 0 Å². The van der Waals surface area contributed by atoms with Gasteiger partial charge >= 0.3 is 5.97 Å². The molecule has 1 heterocycles. The van der Waals surface area contributed by atoms with Crippen LogP contribution in [-0.4, -0.2) is 38.3 Å². The zero-order valence-corrected chi connectivity index (χ0v) is 21.0. The number of thiol groups is 1. The number of hydrogen-bond acceptors (Lipinski definition) is 4. The van der Waals surface area contributed by atoms with Crippen molar-refractivity contribution in [3.8, 4) is 0 Å². The van der Waals surface area contributed by atoms with Crippen molar-refractivity contribution in [2.24, 2.45) is 0 Å². The number of nitrogens with one attached hydrogen (secondary N) is 1. The molecule has 2 N–H and O–H groups in total. The first-order chi connectivity index (χ1) is 15.9. The molecule has 0 unspecified atom stereocenters. The number of halogens is 1. The summed E-state index contributed by atoms with van der Waals surface area (Å²) in [6, 6.07) is 15.0. The molecular formula is C25H28BrN3O3S. The Labute approximate surface area is 208 Å². The fourth-order valence-corrected chi connectivity index (χ4v) is 4.45. The lowest BCUT2D eigenvalue weighted by Crippen LogP contribution is -2.39. The minimum atomic E-state index is -0.990. The number of aryl methyl sites for hydroxylation is 1. The molecule has 0 radical (unpaired) electrons. The monoisotopic (exact) mass is 529 g/mol. The number of benzene rings is 2. The van der Waals surface area contributed by atoms with Crippen LogP contribution in [0.15, 0.2) is 59.2 Å². The summed E-state index contributed by atoms with van der Waals surface area (Å²) in [4.78, 5) is 29.1. The van der Waals surface area contributed by atoms with Gasteiger partial charge in [-0.2, -0.15) is 12.6 Å². The number of imidazole rings is 1. The number of rotatable bonds is 11. The van der Waals surface area contributed by atoms with E-state index in [1.807, 2.05) is 34.9 Å². The van der Waals surface area contributed by atoms with Crippen molar-refractivity contribution in [1.82, 2.24) is 14.9 Å². The van der Waals surface area contributed by atoms with Gasteiger partial charge in [0, 0.05) is 29.2 Å². The van der Waals surface area contributed by atoms with Crippen molar-refractivity contribution < 1.29 is 14.7 Å². The molecule has 1 aromatic heterocycles.